The molecule has 5 N–H and O–H groups in total. The molecule has 3 rings (SSSR count). The van der Waals surface area contributed by atoms with Gasteiger partial charge in [-0.05, 0) is 55.6 Å². The molecule has 1 aromatic heterocycles. The van der Waals surface area contributed by atoms with Gasteiger partial charge in [0.05, 0.1) is 5.56 Å². The van der Waals surface area contributed by atoms with E-state index in [9.17, 15) is 9.59 Å². The van der Waals surface area contributed by atoms with Gasteiger partial charge in [-0.3, -0.25) is 9.59 Å². The minimum absolute atomic E-state index is 0.0841. The van der Waals surface area contributed by atoms with E-state index in [1.807, 2.05) is 0 Å². The van der Waals surface area contributed by atoms with E-state index in [2.05, 4.69) is 16.0 Å². The van der Waals surface area contributed by atoms with Gasteiger partial charge >= 0.3 is 0 Å². The van der Waals surface area contributed by atoms with Gasteiger partial charge in [0.15, 0.2) is 5.11 Å². The molecule has 1 atom stereocenters. The molecular formula is C19H19Cl3N4O2S2. The predicted octanol–water partition coefficient (Wildman–Crippen LogP) is 4.14. The van der Waals surface area contributed by atoms with Gasteiger partial charge in [0, 0.05) is 10.4 Å². The monoisotopic (exact) mass is 504 g/mol. The summed E-state index contributed by atoms with van der Waals surface area (Å²) in [6.45, 7) is 0. The van der Waals surface area contributed by atoms with Crippen LogP contribution in [0.1, 0.15) is 44.0 Å². The Morgan fingerprint density at radius 3 is 2.40 bits per heavy atom. The number of nitrogens with two attached hydrogens (primary N) is 1. The zero-order valence-corrected chi connectivity index (χ0v) is 19.5. The van der Waals surface area contributed by atoms with Crippen molar-refractivity contribution in [2.45, 2.75) is 35.6 Å². The Kier molecular flexibility index (Phi) is 7.47. The molecule has 0 radical (unpaired) electrons. The van der Waals surface area contributed by atoms with Crippen LogP contribution in [0, 0.1) is 0 Å². The molecule has 0 saturated carbocycles. The van der Waals surface area contributed by atoms with Crippen molar-refractivity contribution >= 4 is 80.3 Å². The maximum Gasteiger partial charge on any atom is 0.252 e. The first-order valence-corrected chi connectivity index (χ1v) is 11.5. The first kappa shape index (κ1) is 23.1. The number of anilines is 1. The highest BCUT2D eigenvalue weighted by atomic mass is 35.6. The molecule has 0 saturated heterocycles. The maximum atomic E-state index is 12.5. The second kappa shape index (κ2) is 9.70. The number of thiophene rings is 1. The minimum Gasteiger partial charge on any atom is -0.365 e. The van der Waals surface area contributed by atoms with Crippen LogP contribution in [0.2, 0.25) is 0 Å². The number of hydrogen-bond donors (Lipinski definition) is 4. The van der Waals surface area contributed by atoms with Crippen LogP contribution in [0.4, 0.5) is 5.00 Å². The number of rotatable bonds is 5. The topological polar surface area (TPSA) is 96.2 Å². The average Bonchev–Trinajstić information content (AvgIpc) is 3.05. The van der Waals surface area contributed by atoms with Crippen LogP contribution in [0.25, 0.3) is 0 Å². The molecule has 160 valence electrons. The van der Waals surface area contributed by atoms with Crippen molar-refractivity contribution in [1.29, 1.82) is 0 Å². The van der Waals surface area contributed by atoms with Crippen molar-refractivity contribution in [2.75, 3.05) is 5.32 Å². The third kappa shape index (κ3) is 5.56. The number of aryl methyl sites for hydroxylation is 1. The zero-order chi connectivity index (χ0) is 21.9. The van der Waals surface area contributed by atoms with E-state index in [0.29, 0.717) is 16.1 Å². The van der Waals surface area contributed by atoms with Crippen LogP contribution < -0.4 is 21.7 Å². The van der Waals surface area contributed by atoms with E-state index in [-0.39, 0.29) is 5.11 Å². The minimum atomic E-state index is -1.89. The Hall–Kier alpha value is -1.58. The van der Waals surface area contributed by atoms with Crippen LogP contribution in [0.3, 0.4) is 0 Å². The summed E-state index contributed by atoms with van der Waals surface area (Å²) in [5, 5.41) is 9.02. The number of hydrogen-bond acceptors (Lipinski definition) is 4. The smallest absolute Gasteiger partial charge is 0.252 e. The molecule has 30 heavy (non-hydrogen) atoms. The van der Waals surface area contributed by atoms with E-state index in [0.717, 1.165) is 36.1 Å². The summed E-state index contributed by atoms with van der Waals surface area (Å²) in [5.74, 6) is -0.957. The largest absolute Gasteiger partial charge is 0.365 e. The first-order valence-electron chi connectivity index (χ1n) is 9.11. The van der Waals surface area contributed by atoms with Gasteiger partial charge in [0.1, 0.15) is 11.2 Å². The van der Waals surface area contributed by atoms with E-state index in [1.165, 1.54) is 11.3 Å². The van der Waals surface area contributed by atoms with Crippen LogP contribution in [0.5, 0.6) is 0 Å². The third-order valence-electron chi connectivity index (χ3n) is 4.56. The first-order chi connectivity index (χ1) is 14.2. The molecule has 0 aliphatic heterocycles. The van der Waals surface area contributed by atoms with E-state index in [4.69, 9.17) is 52.8 Å². The van der Waals surface area contributed by atoms with Gasteiger partial charge in [-0.25, -0.2) is 0 Å². The van der Waals surface area contributed by atoms with Crippen LogP contribution in [0.15, 0.2) is 30.3 Å². The average molecular weight is 506 g/mol. The van der Waals surface area contributed by atoms with Crippen LogP contribution >= 0.6 is 58.4 Å². The molecule has 0 fully saturated rings. The van der Waals surface area contributed by atoms with Gasteiger partial charge in [0.2, 0.25) is 3.79 Å². The number of primary amides is 1. The van der Waals surface area contributed by atoms with Gasteiger partial charge in [-0.1, -0.05) is 53.0 Å². The number of carbonyl (C=O) groups excluding carboxylic acids is 2. The van der Waals surface area contributed by atoms with Gasteiger partial charge < -0.3 is 21.7 Å². The van der Waals surface area contributed by atoms with Crippen LogP contribution in [-0.4, -0.2) is 26.9 Å². The normalized spacial score (nSPS) is 14.4. The molecule has 11 heteroatoms. The predicted molar refractivity (Wildman–Crippen MR) is 127 cm³/mol. The molecule has 1 aromatic carbocycles. The third-order valence-corrected chi connectivity index (χ3v) is 6.64. The summed E-state index contributed by atoms with van der Waals surface area (Å²) in [7, 11) is 0. The number of nitrogens with one attached hydrogen (secondary N) is 3. The molecule has 1 aliphatic rings. The molecule has 0 spiro atoms. The summed E-state index contributed by atoms with van der Waals surface area (Å²) in [5.41, 5.74) is 7.42. The molecule has 2 amide bonds. The molecule has 6 nitrogen and oxygen atoms in total. The number of thiocarbonyl (C=S) groups is 1. The molecular weight excluding hydrogens is 487 g/mol. The Balaban J connectivity index is 1.75. The van der Waals surface area contributed by atoms with Gasteiger partial charge in [-0.2, -0.15) is 0 Å². The van der Waals surface area contributed by atoms with Crippen LogP contribution in [-0.2, 0) is 12.8 Å². The number of amides is 2. The molecule has 1 heterocycles. The van der Waals surface area contributed by atoms with Crippen molar-refractivity contribution in [1.82, 2.24) is 10.6 Å². The molecule has 1 unspecified atom stereocenters. The fourth-order valence-corrected chi connectivity index (χ4v) is 5.10. The lowest BCUT2D eigenvalue weighted by Crippen LogP contribution is -2.56. The number of carbonyl (C=O) groups is 2. The van der Waals surface area contributed by atoms with Crippen molar-refractivity contribution in [3.05, 3.63) is 51.9 Å². The van der Waals surface area contributed by atoms with Crippen molar-refractivity contribution < 1.29 is 9.59 Å². The maximum absolute atomic E-state index is 12.5. The second-order valence-corrected chi connectivity index (χ2v) is 10.6. The number of fused-ring (bicyclic) bond motifs is 1. The lowest BCUT2D eigenvalue weighted by Gasteiger charge is -2.27. The highest BCUT2D eigenvalue weighted by Crippen LogP contribution is 2.38. The SMILES string of the molecule is NC(=O)c1c(NC(=S)NC(NC(=O)c2ccccc2)C(Cl)(Cl)Cl)sc2c1CCCC2. The number of halogens is 3. The quantitative estimate of drug-likeness (QED) is 0.278. The van der Waals surface area contributed by atoms with Gasteiger partial charge in [0.25, 0.3) is 11.8 Å². The summed E-state index contributed by atoms with van der Waals surface area (Å²) in [6.07, 6.45) is 2.64. The summed E-state index contributed by atoms with van der Waals surface area (Å²) >= 11 is 24.9. The fraction of sp³-hybridized carbons (Fsp3) is 0.316. The Labute approximate surface area is 198 Å². The van der Waals surface area contributed by atoms with E-state index < -0.39 is 21.8 Å². The van der Waals surface area contributed by atoms with Crippen molar-refractivity contribution in [3.8, 4) is 0 Å². The van der Waals surface area contributed by atoms with Gasteiger partial charge in [-0.15, -0.1) is 11.3 Å². The molecule has 0 bridgehead atoms. The van der Waals surface area contributed by atoms with Crippen molar-refractivity contribution in [3.63, 3.8) is 0 Å². The molecule has 2 aromatic rings. The Morgan fingerprint density at radius 2 is 1.77 bits per heavy atom. The standard InChI is InChI=1S/C19H19Cl3N4O2S2/c20-19(21,22)17(24-15(28)10-6-2-1-3-7-10)26-18(29)25-16-13(14(23)27)11-8-4-5-9-12(11)30-16/h1-3,6-7,17H,4-5,8-9H2,(H2,23,27)(H,24,28)(H2,25,26,29). The fourth-order valence-electron chi connectivity index (χ4n) is 3.19. The Morgan fingerprint density at radius 1 is 1.10 bits per heavy atom. The lowest BCUT2D eigenvalue weighted by atomic mass is 9.95. The summed E-state index contributed by atoms with van der Waals surface area (Å²) < 4.78 is -1.89. The molecule has 1 aliphatic carbocycles. The van der Waals surface area contributed by atoms with Crippen molar-refractivity contribution in [2.24, 2.45) is 5.73 Å². The highest BCUT2D eigenvalue weighted by Gasteiger charge is 2.35. The Bertz CT molecular complexity index is 961. The van der Waals surface area contributed by atoms with E-state index in [1.54, 1.807) is 30.3 Å². The zero-order valence-electron chi connectivity index (χ0n) is 15.6. The number of benzene rings is 1. The van der Waals surface area contributed by atoms with E-state index >= 15 is 0 Å². The second-order valence-electron chi connectivity index (χ2n) is 6.69. The summed E-state index contributed by atoms with van der Waals surface area (Å²) in [4.78, 5) is 25.6. The summed E-state index contributed by atoms with van der Waals surface area (Å²) in [6, 6.07) is 8.51. The number of alkyl halides is 3. The highest BCUT2D eigenvalue weighted by molar-refractivity contribution is 7.80. The lowest BCUT2D eigenvalue weighted by molar-refractivity contribution is 0.0933.